The lowest BCUT2D eigenvalue weighted by atomic mass is 10.1. The Morgan fingerprint density at radius 1 is 1.00 bits per heavy atom. The van der Waals surface area contributed by atoms with Gasteiger partial charge in [-0.15, -0.1) is 0 Å². The van der Waals surface area contributed by atoms with Gasteiger partial charge < -0.3 is 15.0 Å². The molecular weight excluding hydrogens is 266 g/mol. The molecule has 0 fully saturated rings. The first-order chi connectivity index (χ1) is 10.3. The van der Waals surface area contributed by atoms with Crippen molar-refractivity contribution in [2.75, 3.05) is 0 Å². The highest BCUT2D eigenvalue weighted by Gasteiger charge is 2.16. The average molecular weight is 281 g/mol. The minimum absolute atomic E-state index is 0.245. The summed E-state index contributed by atoms with van der Waals surface area (Å²) in [5.41, 5.74) is 7.03. The summed E-state index contributed by atoms with van der Waals surface area (Å²) < 4.78 is 10.8. The number of benzene rings is 2. The van der Waals surface area contributed by atoms with Crippen molar-refractivity contribution in [1.82, 2.24) is 10.1 Å². The topological polar surface area (TPSA) is 74.2 Å². The van der Waals surface area contributed by atoms with Crippen molar-refractivity contribution in [3.63, 3.8) is 0 Å². The summed E-state index contributed by atoms with van der Waals surface area (Å²) in [7, 11) is 0. The molecule has 0 aliphatic rings. The van der Waals surface area contributed by atoms with E-state index < -0.39 is 6.04 Å². The Bertz CT molecular complexity index is 683. The minimum Gasteiger partial charge on any atom is -0.485 e. The molecule has 0 unspecified atom stereocenters. The van der Waals surface area contributed by atoms with E-state index in [2.05, 4.69) is 10.1 Å². The van der Waals surface area contributed by atoms with Crippen LogP contribution < -0.4 is 10.5 Å². The van der Waals surface area contributed by atoms with Crippen LogP contribution in [0, 0.1) is 0 Å². The summed E-state index contributed by atoms with van der Waals surface area (Å²) in [5.74, 6) is 1.62. The third-order valence-electron chi connectivity index (χ3n) is 3.02. The fourth-order valence-electron chi connectivity index (χ4n) is 1.92. The van der Waals surface area contributed by atoms with Crippen LogP contribution in [0.15, 0.2) is 65.2 Å². The summed E-state index contributed by atoms with van der Waals surface area (Å²) in [5, 5.41) is 3.89. The largest absolute Gasteiger partial charge is 0.485 e. The molecule has 106 valence electrons. The number of hydrogen-bond donors (Lipinski definition) is 1. The fraction of sp³-hybridized carbons (Fsp3) is 0.125. The molecule has 1 heterocycles. The monoisotopic (exact) mass is 281 g/mol. The van der Waals surface area contributed by atoms with E-state index in [4.69, 9.17) is 15.0 Å². The second-order valence-corrected chi connectivity index (χ2v) is 4.54. The highest BCUT2D eigenvalue weighted by Crippen LogP contribution is 2.18. The molecule has 0 aliphatic heterocycles. The molecule has 21 heavy (non-hydrogen) atoms. The van der Waals surface area contributed by atoms with E-state index in [1.54, 1.807) is 0 Å². The molecule has 3 rings (SSSR count). The first-order valence-electron chi connectivity index (χ1n) is 6.64. The number of nitrogens with two attached hydrogens (primary N) is 1. The average Bonchev–Trinajstić information content (AvgIpc) is 3.03. The SMILES string of the molecule is N[C@H](c1ccccc1)c1nc(COc2ccccc2)no1. The Hall–Kier alpha value is -2.66. The number of aromatic nitrogens is 2. The van der Waals surface area contributed by atoms with E-state index in [1.165, 1.54) is 0 Å². The summed E-state index contributed by atoms with van der Waals surface area (Å²) in [6.07, 6.45) is 0. The van der Waals surface area contributed by atoms with Gasteiger partial charge in [0.1, 0.15) is 11.8 Å². The van der Waals surface area contributed by atoms with Crippen LogP contribution in [0.4, 0.5) is 0 Å². The second-order valence-electron chi connectivity index (χ2n) is 4.54. The third kappa shape index (κ3) is 3.27. The van der Waals surface area contributed by atoms with Crippen molar-refractivity contribution >= 4 is 0 Å². The van der Waals surface area contributed by atoms with Crippen LogP contribution in [0.5, 0.6) is 5.75 Å². The van der Waals surface area contributed by atoms with Gasteiger partial charge in [0.2, 0.25) is 11.7 Å². The van der Waals surface area contributed by atoms with Crippen LogP contribution >= 0.6 is 0 Å². The maximum absolute atomic E-state index is 6.10. The van der Waals surface area contributed by atoms with E-state index in [0.29, 0.717) is 11.7 Å². The van der Waals surface area contributed by atoms with Crippen LogP contribution in [0.2, 0.25) is 0 Å². The molecule has 1 aromatic heterocycles. The Morgan fingerprint density at radius 3 is 2.38 bits per heavy atom. The maximum atomic E-state index is 6.10. The first-order valence-corrected chi connectivity index (χ1v) is 6.64. The number of nitrogens with zero attached hydrogens (tertiary/aromatic N) is 2. The molecule has 0 radical (unpaired) electrons. The second kappa shape index (κ2) is 6.19. The minimum atomic E-state index is -0.427. The van der Waals surface area contributed by atoms with Crippen LogP contribution in [0.3, 0.4) is 0 Å². The molecule has 2 aromatic carbocycles. The molecule has 3 aromatic rings. The number of rotatable bonds is 5. The summed E-state index contributed by atoms with van der Waals surface area (Å²) in [4.78, 5) is 4.27. The van der Waals surface area contributed by atoms with E-state index in [9.17, 15) is 0 Å². The lowest BCUT2D eigenvalue weighted by Gasteiger charge is -2.05. The zero-order valence-corrected chi connectivity index (χ0v) is 11.3. The summed E-state index contributed by atoms with van der Waals surface area (Å²) >= 11 is 0. The molecule has 0 bridgehead atoms. The first kappa shape index (κ1) is 13.3. The van der Waals surface area contributed by atoms with Crippen molar-refractivity contribution in [2.45, 2.75) is 12.6 Å². The van der Waals surface area contributed by atoms with Gasteiger partial charge in [0.05, 0.1) is 0 Å². The third-order valence-corrected chi connectivity index (χ3v) is 3.02. The highest BCUT2D eigenvalue weighted by atomic mass is 16.5. The normalized spacial score (nSPS) is 12.0. The van der Waals surface area contributed by atoms with Crippen molar-refractivity contribution in [1.29, 1.82) is 0 Å². The Labute approximate surface area is 122 Å². The molecule has 1 atom stereocenters. The maximum Gasteiger partial charge on any atom is 0.248 e. The molecule has 0 aliphatic carbocycles. The molecule has 5 nitrogen and oxygen atoms in total. The smallest absolute Gasteiger partial charge is 0.248 e. The summed E-state index contributed by atoms with van der Waals surface area (Å²) in [6.45, 7) is 0.245. The van der Waals surface area contributed by atoms with Crippen LogP contribution in [0.1, 0.15) is 23.3 Å². The Kier molecular flexibility index (Phi) is 3.93. The molecule has 2 N–H and O–H groups in total. The Balaban J connectivity index is 1.66. The van der Waals surface area contributed by atoms with Gasteiger partial charge in [0.15, 0.2) is 6.61 Å². The number of para-hydroxylation sites is 1. The van der Waals surface area contributed by atoms with Gasteiger partial charge in [-0.05, 0) is 17.7 Å². The van der Waals surface area contributed by atoms with E-state index in [1.807, 2.05) is 60.7 Å². The van der Waals surface area contributed by atoms with E-state index in [0.717, 1.165) is 11.3 Å². The molecule has 0 spiro atoms. The molecule has 0 amide bonds. The van der Waals surface area contributed by atoms with Crippen molar-refractivity contribution in [2.24, 2.45) is 5.73 Å². The Morgan fingerprint density at radius 2 is 1.67 bits per heavy atom. The molecule has 0 saturated heterocycles. The van der Waals surface area contributed by atoms with Crippen molar-refractivity contribution in [3.05, 3.63) is 77.9 Å². The number of ether oxygens (including phenoxy) is 1. The zero-order valence-electron chi connectivity index (χ0n) is 11.3. The lowest BCUT2D eigenvalue weighted by Crippen LogP contribution is -2.12. The predicted octanol–water partition coefficient (Wildman–Crippen LogP) is 2.70. The molecular formula is C16H15N3O2. The summed E-state index contributed by atoms with van der Waals surface area (Å²) in [6, 6.07) is 18.7. The van der Waals surface area contributed by atoms with Gasteiger partial charge in [-0.3, -0.25) is 0 Å². The van der Waals surface area contributed by atoms with Crippen LogP contribution in [-0.4, -0.2) is 10.1 Å². The molecule has 0 saturated carbocycles. The van der Waals surface area contributed by atoms with Gasteiger partial charge >= 0.3 is 0 Å². The van der Waals surface area contributed by atoms with Crippen molar-refractivity contribution < 1.29 is 9.26 Å². The zero-order chi connectivity index (χ0) is 14.5. The van der Waals surface area contributed by atoms with Crippen LogP contribution in [-0.2, 0) is 6.61 Å². The highest BCUT2D eigenvalue weighted by molar-refractivity contribution is 5.23. The van der Waals surface area contributed by atoms with Crippen LogP contribution in [0.25, 0.3) is 0 Å². The van der Waals surface area contributed by atoms with Gasteiger partial charge in [-0.1, -0.05) is 53.7 Å². The van der Waals surface area contributed by atoms with Gasteiger partial charge in [-0.2, -0.15) is 4.98 Å². The van der Waals surface area contributed by atoms with E-state index in [-0.39, 0.29) is 6.61 Å². The van der Waals surface area contributed by atoms with Gasteiger partial charge in [-0.25, -0.2) is 0 Å². The number of hydrogen-bond acceptors (Lipinski definition) is 5. The van der Waals surface area contributed by atoms with E-state index >= 15 is 0 Å². The van der Waals surface area contributed by atoms with Crippen molar-refractivity contribution in [3.8, 4) is 5.75 Å². The quantitative estimate of drug-likeness (QED) is 0.778. The fourth-order valence-corrected chi connectivity index (χ4v) is 1.92. The van der Waals surface area contributed by atoms with Gasteiger partial charge in [0.25, 0.3) is 0 Å². The van der Waals surface area contributed by atoms with Gasteiger partial charge in [0, 0.05) is 0 Å². The molecule has 5 heteroatoms. The lowest BCUT2D eigenvalue weighted by molar-refractivity contribution is 0.284. The predicted molar refractivity (Wildman–Crippen MR) is 77.5 cm³/mol. The standard InChI is InChI=1S/C16H15N3O2/c17-15(12-7-3-1-4-8-12)16-18-14(19-21-16)11-20-13-9-5-2-6-10-13/h1-10,15H,11,17H2/t15-/m1/s1.